The second kappa shape index (κ2) is 9.62. The van der Waals surface area contributed by atoms with Crippen LogP contribution in [0.15, 0.2) is 71.4 Å². The second-order valence-corrected chi connectivity index (χ2v) is 7.71. The number of hydrogen-bond acceptors (Lipinski definition) is 5. The number of carbonyl (C=O) groups excluding carboxylic acids is 1. The van der Waals surface area contributed by atoms with E-state index in [9.17, 15) is 4.79 Å². The number of aromatic nitrogens is 2. The Kier molecular flexibility index (Phi) is 6.48. The molecule has 0 saturated carbocycles. The lowest BCUT2D eigenvalue weighted by atomic mass is 10.1. The molecular formula is C24H23ClN4O2. The molecular weight excluding hydrogens is 412 g/mol. The normalized spacial score (nSPS) is 10.9. The van der Waals surface area contributed by atoms with Gasteiger partial charge in [-0.05, 0) is 53.9 Å². The lowest BCUT2D eigenvalue weighted by Crippen LogP contribution is -2.31. The van der Waals surface area contributed by atoms with Gasteiger partial charge in [-0.25, -0.2) is 0 Å². The monoisotopic (exact) mass is 434 g/mol. The molecule has 0 saturated heterocycles. The van der Waals surface area contributed by atoms with E-state index in [0.717, 1.165) is 17.5 Å². The van der Waals surface area contributed by atoms with Crippen LogP contribution in [-0.2, 0) is 13.1 Å². The number of fused-ring (bicyclic) bond motifs is 1. The molecule has 2 aromatic carbocycles. The zero-order valence-electron chi connectivity index (χ0n) is 17.2. The number of nitrogens with one attached hydrogen (secondary N) is 1. The van der Waals surface area contributed by atoms with Crippen molar-refractivity contribution in [2.75, 3.05) is 11.9 Å². The molecule has 0 bridgehead atoms. The predicted octanol–water partition coefficient (Wildman–Crippen LogP) is 5.54. The highest BCUT2D eigenvalue weighted by Gasteiger charge is 2.17. The Balaban J connectivity index is 1.50. The minimum Gasteiger partial charge on any atom is -0.424 e. The minimum absolute atomic E-state index is 0.0379. The van der Waals surface area contributed by atoms with E-state index in [1.807, 2.05) is 41.3 Å². The third kappa shape index (κ3) is 5.22. The molecule has 2 aromatic heterocycles. The maximum Gasteiger partial charge on any atom is 0.295 e. The van der Waals surface area contributed by atoms with Crippen LogP contribution in [0, 0.1) is 0 Å². The van der Waals surface area contributed by atoms with Crippen LogP contribution in [0.2, 0.25) is 5.02 Å². The summed E-state index contributed by atoms with van der Waals surface area (Å²) in [5.74, 6) is -0.0379. The number of rotatable bonds is 8. The van der Waals surface area contributed by atoms with Gasteiger partial charge in [-0.3, -0.25) is 9.78 Å². The van der Waals surface area contributed by atoms with E-state index in [2.05, 4.69) is 22.2 Å². The second-order valence-electron chi connectivity index (χ2n) is 7.27. The highest BCUT2D eigenvalue weighted by atomic mass is 35.5. The van der Waals surface area contributed by atoms with E-state index in [1.54, 1.807) is 30.6 Å². The number of anilines is 1. The summed E-state index contributed by atoms with van der Waals surface area (Å²) in [6.07, 6.45) is 4.39. The predicted molar refractivity (Wildman–Crippen MR) is 122 cm³/mol. The first-order valence-electron chi connectivity index (χ1n) is 10.2. The molecule has 0 aliphatic heterocycles. The van der Waals surface area contributed by atoms with Crippen LogP contribution in [0.3, 0.4) is 0 Å². The highest BCUT2D eigenvalue weighted by Crippen LogP contribution is 2.22. The first kappa shape index (κ1) is 20.9. The summed E-state index contributed by atoms with van der Waals surface area (Å²) in [6, 6.07) is 17.2. The minimum atomic E-state index is -0.0379. The van der Waals surface area contributed by atoms with E-state index in [4.69, 9.17) is 16.0 Å². The molecule has 0 radical (unpaired) electrons. The lowest BCUT2D eigenvalue weighted by molar-refractivity contribution is 0.0743. The van der Waals surface area contributed by atoms with E-state index in [0.29, 0.717) is 47.3 Å². The summed E-state index contributed by atoms with van der Waals surface area (Å²) >= 11 is 6.03. The molecule has 0 fully saturated rings. The summed E-state index contributed by atoms with van der Waals surface area (Å²) < 4.78 is 5.77. The Morgan fingerprint density at radius 2 is 2.00 bits per heavy atom. The molecule has 4 rings (SSSR count). The van der Waals surface area contributed by atoms with E-state index < -0.39 is 0 Å². The largest absolute Gasteiger partial charge is 0.424 e. The molecule has 0 unspecified atom stereocenters. The summed E-state index contributed by atoms with van der Waals surface area (Å²) in [6.45, 7) is 3.78. The molecule has 31 heavy (non-hydrogen) atoms. The lowest BCUT2D eigenvalue weighted by Gasteiger charge is -2.22. The van der Waals surface area contributed by atoms with Gasteiger partial charge >= 0.3 is 0 Å². The van der Waals surface area contributed by atoms with E-state index in [1.165, 1.54) is 0 Å². The average molecular weight is 435 g/mol. The third-order valence-corrected chi connectivity index (χ3v) is 5.08. The van der Waals surface area contributed by atoms with Gasteiger partial charge in [0.25, 0.3) is 11.9 Å². The van der Waals surface area contributed by atoms with Gasteiger partial charge in [-0.1, -0.05) is 36.7 Å². The maximum atomic E-state index is 13.2. The van der Waals surface area contributed by atoms with Crippen molar-refractivity contribution in [1.29, 1.82) is 0 Å². The smallest absolute Gasteiger partial charge is 0.295 e. The molecule has 7 heteroatoms. The molecule has 158 valence electrons. The number of hydrogen-bond donors (Lipinski definition) is 1. The van der Waals surface area contributed by atoms with Crippen molar-refractivity contribution in [3.8, 4) is 0 Å². The van der Waals surface area contributed by atoms with Crippen molar-refractivity contribution < 1.29 is 9.21 Å². The van der Waals surface area contributed by atoms with E-state index in [-0.39, 0.29) is 5.91 Å². The molecule has 6 nitrogen and oxygen atoms in total. The van der Waals surface area contributed by atoms with Gasteiger partial charge in [0, 0.05) is 42.6 Å². The fourth-order valence-corrected chi connectivity index (χ4v) is 3.59. The zero-order chi connectivity index (χ0) is 21.6. The van der Waals surface area contributed by atoms with Gasteiger partial charge in [-0.2, -0.15) is 4.98 Å². The summed E-state index contributed by atoms with van der Waals surface area (Å²) in [4.78, 5) is 23.6. The number of pyridine rings is 1. The van der Waals surface area contributed by atoms with Crippen molar-refractivity contribution in [3.05, 3.63) is 88.7 Å². The van der Waals surface area contributed by atoms with Crippen LogP contribution in [0.1, 0.15) is 34.8 Å². The van der Waals surface area contributed by atoms with Crippen LogP contribution in [0.5, 0.6) is 0 Å². The number of nitrogens with zero attached hydrogens (tertiary/aromatic N) is 3. The summed E-state index contributed by atoms with van der Waals surface area (Å²) in [7, 11) is 0. The molecule has 0 aliphatic carbocycles. The Morgan fingerprint density at radius 1 is 1.13 bits per heavy atom. The quantitative estimate of drug-likeness (QED) is 0.394. The fourth-order valence-electron chi connectivity index (χ4n) is 3.38. The Morgan fingerprint density at radius 3 is 2.77 bits per heavy atom. The molecule has 0 spiro atoms. The third-order valence-electron chi connectivity index (χ3n) is 4.84. The highest BCUT2D eigenvalue weighted by molar-refractivity contribution is 6.30. The Labute approximate surface area is 185 Å². The SMILES string of the molecule is CCCN(Cc1cccnc1)C(=O)c1ccc2oc(NCc3cccc(Cl)c3)nc2c1. The zero-order valence-corrected chi connectivity index (χ0v) is 18.0. The standard InChI is InChI=1S/C24H23ClN4O2/c1-2-11-29(16-18-6-4-10-26-14-18)23(30)19-8-9-22-21(13-19)28-24(31-22)27-15-17-5-3-7-20(25)12-17/h3-10,12-14H,2,11,15-16H2,1H3,(H,27,28). The summed E-state index contributed by atoms with van der Waals surface area (Å²) in [5.41, 5.74) is 3.87. The molecule has 2 heterocycles. The number of amides is 1. The number of benzene rings is 2. The number of oxazole rings is 1. The summed E-state index contributed by atoms with van der Waals surface area (Å²) in [5, 5.41) is 3.85. The number of carbonyl (C=O) groups is 1. The topological polar surface area (TPSA) is 71.3 Å². The van der Waals surface area contributed by atoms with Crippen LogP contribution in [0.25, 0.3) is 11.1 Å². The van der Waals surface area contributed by atoms with Gasteiger partial charge in [0.15, 0.2) is 5.58 Å². The molecule has 1 amide bonds. The molecule has 1 N–H and O–H groups in total. The van der Waals surface area contributed by atoms with Crippen LogP contribution in [0.4, 0.5) is 6.01 Å². The van der Waals surface area contributed by atoms with Gasteiger partial charge in [0.05, 0.1) is 0 Å². The van der Waals surface area contributed by atoms with Crippen molar-refractivity contribution in [1.82, 2.24) is 14.9 Å². The van der Waals surface area contributed by atoms with Gasteiger partial charge in [-0.15, -0.1) is 0 Å². The van der Waals surface area contributed by atoms with Crippen LogP contribution < -0.4 is 5.32 Å². The first-order valence-corrected chi connectivity index (χ1v) is 10.6. The first-order chi connectivity index (χ1) is 15.1. The average Bonchev–Trinajstić information content (AvgIpc) is 3.20. The van der Waals surface area contributed by atoms with Crippen molar-refractivity contribution in [3.63, 3.8) is 0 Å². The number of halogens is 1. The van der Waals surface area contributed by atoms with Gasteiger partial charge in [0.1, 0.15) is 5.52 Å². The Hall–Kier alpha value is -3.38. The maximum absolute atomic E-state index is 13.2. The van der Waals surface area contributed by atoms with Crippen molar-refractivity contribution in [2.45, 2.75) is 26.4 Å². The Bertz CT molecular complexity index is 1180. The molecule has 4 aromatic rings. The van der Waals surface area contributed by atoms with Gasteiger partial charge in [0.2, 0.25) is 0 Å². The van der Waals surface area contributed by atoms with E-state index >= 15 is 0 Å². The van der Waals surface area contributed by atoms with Crippen molar-refractivity contribution >= 4 is 34.6 Å². The van der Waals surface area contributed by atoms with Crippen molar-refractivity contribution in [2.24, 2.45) is 0 Å². The fraction of sp³-hybridized carbons (Fsp3) is 0.208. The van der Waals surface area contributed by atoms with Crippen LogP contribution in [-0.4, -0.2) is 27.3 Å². The molecule has 0 aliphatic rings. The van der Waals surface area contributed by atoms with Crippen LogP contribution >= 0.6 is 11.6 Å². The van der Waals surface area contributed by atoms with Gasteiger partial charge < -0.3 is 14.6 Å². The molecule has 0 atom stereocenters.